The van der Waals surface area contributed by atoms with Crippen LogP contribution in [-0.2, 0) is 21.2 Å². The molecule has 3 N–H and O–H groups in total. The van der Waals surface area contributed by atoms with Gasteiger partial charge in [-0.15, -0.1) is 0 Å². The van der Waals surface area contributed by atoms with E-state index in [1.807, 2.05) is 6.07 Å². The predicted octanol–water partition coefficient (Wildman–Crippen LogP) is 1.24. The van der Waals surface area contributed by atoms with E-state index in [1.54, 1.807) is 36.5 Å². The Kier molecular flexibility index (Phi) is 8.10. The van der Waals surface area contributed by atoms with Gasteiger partial charge in [0.05, 0.1) is 12.8 Å². The molecule has 0 radical (unpaired) electrons. The summed E-state index contributed by atoms with van der Waals surface area (Å²) in [4.78, 5) is 16.0. The van der Waals surface area contributed by atoms with Crippen LogP contribution in [0.15, 0.2) is 53.6 Å². The van der Waals surface area contributed by atoms with Crippen LogP contribution in [0.1, 0.15) is 11.3 Å². The van der Waals surface area contributed by atoms with Crippen LogP contribution in [0.2, 0.25) is 0 Å². The van der Waals surface area contributed by atoms with E-state index in [1.165, 1.54) is 26.3 Å². The predicted molar refractivity (Wildman–Crippen MR) is 115 cm³/mol. The van der Waals surface area contributed by atoms with Gasteiger partial charge < -0.3 is 15.4 Å². The molecule has 29 heavy (non-hydrogen) atoms. The molecule has 0 unspecified atom stereocenters. The molecular formula is C19H22N4O4S2. The summed E-state index contributed by atoms with van der Waals surface area (Å²) < 4.78 is 32.5. The van der Waals surface area contributed by atoms with Crippen molar-refractivity contribution in [3.8, 4) is 5.75 Å². The lowest BCUT2D eigenvalue weighted by molar-refractivity contribution is -0.116. The number of carbonyl (C=O) groups excluding carboxylic acids is 1. The average Bonchev–Trinajstić information content (AvgIpc) is 2.72. The molecule has 154 valence electrons. The number of hydrogen-bond donors (Lipinski definition) is 3. The molecule has 0 aliphatic rings. The quantitative estimate of drug-likeness (QED) is 0.424. The molecule has 0 atom stereocenters. The van der Waals surface area contributed by atoms with Gasteiger partial charge in [0, 0.05) is 25.9 Å². The molecule has 0 saturated carbocycles. The maximum atomic E-state index is 12.5. The summed E-state index contributed by atoms with van der Waals surface area (Å²) >= 11 is 4.87. The highest BCUT2D eigenvalue weighted by Gasteiger charge is 2.21. The largest absolute Gasteiger partial charge is 0.495 e. The van der Waals surface area contributed by atoms with Crippen LogP contribution >= 0.6 is 12.2 Å². The third-order valence-corrected chi connectivity index (χ3v) is 5.58. The standard InChI is InChI=1S/C19H22N4O4S2/c1-20-19(28)23-29(25,26)17-13-14(6-8-16(17)27-2)10-12-22-18(24)9-7-15-5-3-4-11-21-15/h3-9,11,13H,10,12H2,1-2H3,(H,22,24)(H2,20,23,28)/b9-7+. The number of aromatic nitrogens is 1. The minimum Gasteiger partial charge on any atom is -0.495 e. The van der Waals surface area contributed by atoms with E-state index in [0.717, 1.165) is 5.56 Å². The van der Waals surface area contributed by atoms with E-state index in [2.05, 4.69) is 20.3 Å². The Morgan fingerprint density at radius 2 is 2.07 bits per heavy atom. The highest BCUT2D eigenvalue weighted by molar-refractivity contribution is 7.92. The van der Waals surface area contributed by atoms with Gasteiger partial charge >= 0.3 is 0 Å². The molecule has 0 aliphatic heterocycles. The zero-order chi connectivity index (χ0) is 21.3. The lowest BCUT2D eigenvalue weighted by Crippen LogP contribution is -2.37. The van der Waals surface area contributed by atoms with Crippen molar-refractivity contribution in [2.24, 2.45) is 0 Å². The fourth-order valence-corrected chi connectivity index (χ4v) is 3.85. The number of nitrogens with one attached hydrogen (secondary N) is 3. The van der Waals surface area contributed by atoms with Crippen molar-refractivity contribution in [1.82, 2.24) is 20.3 Å². The Morgan fingerprint density at radius 1 is 1.28 bits per heavy atom. The van der Waals surface area contributed by atoms with E-state index in [9.17, 15) is 13.2 Å². The zero-order valence-electron chi connectivity index (χ0n) is 16.0. The minimum absolute atomic E-state index is 0.0237. The maximum Gasteiger partial charge on any atom is 0.267 e. The number of nitrogens with zero attached hydrogens (tertiary/aromatic N) is 1. The number of sulfonamides is 1. The molecule has 0 bridgehead atoms. The van der Waals surface area contributed by atoms with Gasteiger partial charge in [0.25, 0.3) is 10.0 Å². The van der Waals surface area contributed by atoms with Crippen LogP contribution in [-0.4, -0.2) is 45.1 Å². The molecule has 10 heteroatoms. The molecular weight excluding hydrogens is 412 g/mol. The van der Waals surface area contributed by atoms with Gasteiger partial charge in [0.1, 0.15) is 10.6 Å². The van der Waals surface area contributed by atoms with Crippen molar-refractivity contribution >= 4 is 39.3 Å². The third-order valence-electron chi connectivity index (χ3n) is 3.78. The molecule has 0 spiro atoms. The van der Waals surface area contributed by atoms with Gasteiger partial charge in [-0.3, -0.25) is 14.5 Å². The molecule has 1 amide bonds. The van der Waals surface area contributed by atoms with Gasteiger partial charge in [0.2, 0.25) is 5.91 Å². The zero-order valence-corrected chi connectivity index (χ0v) is 17.6. The number of ether oxygens (including phenoxy) is 1. The number of hydrogen-bond acceptors (Lipinski definition) is 6. The van der Waals surface area contributed by atoms with Crippen LogP contribution in [0, 0.1) is 0 Å². The van der Waals surface area contributed by atoms with E-state index in [-0.39, 0.29) is 21.7 Å². The van der Waals surface area contributed by atoms with Crippen LogP contribution in [0.4, 0.5) is 0 Å². The van der Waals surface area contributed by atoms with Crippen molar-refractivity contribution < 1.29 is 17.9 Å². The fourth-order valence-electron chi connectivity index (χ4n) is 2.34. The molecule has 1 aromatic heterocycles. The molecule has 0 aliphatic carbocycles. The third kappa shape index (κ3) is 6.84. The Bertz CT molecular complexity index is 993. The SMILES string of the molecule is CNC(=S)NS(=O)(=O)c1cc(CCNC(=O)/C=C/c2ccccn2)ccc1OC. The number of thiocarbonyl (C=S) groups is 1. The Labute approximate surface area is 175 Å². The topological polar surface area (TPSA) is 109 Å². The molecule has 2 rings (SSSR count). The van der Waals surface area contributed by atoms with Gasteiger partial charge in [-0.2, -0.15) is 0 Å². The lowest BCUT2D eigenvalue weighted by Gasteiger charge is -2.13. The number of pyridine rings is 1. The molecule has 1 aromatic carbocycles. The van der Waals surface area contributed by atoms with Gasteiger partial charge in [-0.1, -0.05) is 12.1 Å². The number of methoxy groups -OCH3 is 1. The Morgan fingerprint density at radius 3 is 2.72 bits per heavy atom. The first kappa shape index (κ1) is 22.3. The Balaban J connectivity index is 2.01. The second-order valence-electron chi connectivity index (χ2n) is 5.80. The smallest absolute Gasteiger partial charge is 0.267 e. The van der Waals surface area contributed by atoms with Crippen molar-refractivity contribution in [2.45, 2.75) is 11.3 Å². The van der Waals surface area contributed by atoms with Crippen LogP contribution in [0.5, 0.6) is 5.75 Å². The maximum absolute atomic E-state index is 12.5. The number of rotatable bonds is 8. The normalized spacial score (nSPS) is 11.1. The molecule has 0 fully saturated rings. The first-order valence-corrected chi connectivity index (χ1v) is 10.5. The minimum atomic E-state index is -3.90. The molecule has 1 heterocycles. The van der Waals surface area contributed by atoms with Gasteiger partial charge in [-0.25, -0.2) is 8.42 Å². The molecule has 2 aromatic rings. The second-order valence-corrected chi connectivity index (χ2v) is 7.86. The van der Waals surface area contributed by atoms with Crippen LogP contribution in [0.3, 0.4) is 0 Å². The highest BCUT2D eigenvalue weighted by atomic mass is 32.2. The summed E-state index contributed by atoms with van der Waals surface area (Å²) in [6.45, 7) is 0.333. The second kappa shape index (κ2) is 10.5. The summed E-state index contributed by atoms with van der Waals surface area (Å²) in [7, 11) is -0.997. The van der Waals surface area contributed by atoms with Crippen LogP contribution in [0.25, 0.3) is 6.08 Å². The summed E-state index contributed by atoms with van der Waals surface area (Å²) in [5.74, 6) is -0.0690. The van der Waals surface area contributed by atoms with Crippen molar-refractivity contribution in [1.29, 1.82) is 0 Å². The van der Waals surface area contributed by atoms with Gasteiger partial charge in [-0.05, 0) is 54.5 Å². The van der Waals surface area contributed by atoms with E-state index < -0.39 is 10.0 Å². The van der Waals surface area contributed by atoms with E-state index in [4.69, 9.17) is 17.0 Å². The number of benzene rings is 1. The van der Waals surface area contributed by atoms with Crippen LogP contribution < -0.4 is 20.1 Å². The molecule has 8 nitrogen and oxygen atoms in total. The summed E-state index contributed by atoms with van der Waals surface area (Å²) in [5, 5.41) is 5.28. The summed E-state index contributed by atoms with van der Waals surface area (Å²) in [6.07, 6.45) is 5.09. The van der Waals surface area contributed by atoms with E-state index >= 15 is 0 Å². The first-order chi connectivity index (χ1) is 13.9. The first-order valence-electron chi connectivity index (χ1n) is 8.64. The van der Waals surface area contributed by atoms with Crippen molar-refractivity contribution in [2.75, 3.05) is 20.7 Å². The summed E-state index contributed by atoms with van der Waals surface area (Å²) in [5.41, 5.74) is 1.40. The van der Waals surface area contributed by atoms with E-state index in [0.29, 0.717) is 18.7 Å². The van der Waals surface area contributed by atoms with Crippen molar-refractivity contribution in [3.63, 3.8) is 0 Å². The summed E-state index contributed by atoms with van der Waals surface area (Å²) in [6, 6.07) is 10.2. The fraction of sp³-hybridized carbons (Fsp3) is 0.211. The number of carbonyl (C=O) groups is 1. The average molecular weight is 435 g/mol. The highest BCUT2D eigenvalue weighted by Crippen LogP contribution is 2.25. The Hall–Kier alpha value is -2.98. The van der Waals surface area contributed by atoms with Crippen molar-refractivity contribution in [3.05, 3.63) is 59.9 Å². The molecule has 0 saturated heterocycles. The lowest BCUT2D eigenvalue weighted by atomic mass is 10.1. The monoisotopic (exact) mass is 434 g/mol. The number of amides is 1. The van der Waals surface area contributed by atoms with Gasteiger partial charge in [0.15, 0.2) is 5.11 Å².